The number of carbonyl (C=O) groups excluding carboxylic acids is 1. The molecule has 2 atom stereocenters. The van der Waals surface area contributed by atoms with Crippen LogP contribution in [0.5, 0.6) is 0 Å². The summed E-state index contributed by atoms with van der Waals surface area (Å²) in [5, 5.41) is 32.6. The molecule has 1 aromatic rings. The lowest BCUT2D eigenvalue weighted by molar-refractivity contribution is -0.385. The van der Waals surface area contributed by atoms with Crippen LogP contribution in [0.1, 0.15) is 6.42 Å². The van der Waals surface area contributed by atoms with Crippen LogP contribution < -0.4 is 0 Å². The van der Waals surface area contributed by atoms with Crippen LogP contribution in [0, 0.1) is 10.1 Å². The third kappa shape index (κ3) is 2.74. The van der Waals surface area contributed by atoms with E-state index in [0.29, 0.717) is 0 Å². The van der Waals surface area contributed by atoms with Crippen LogP contribution in [0.25, 0.3) is 0 Å². The number of nitrogens with zero attached hydrogens (tertiary/aromatic N) is 4. The molecular weight excluding hydrogens is 272 g/mol. The van der Waals surface area contributed by atoms with Crippen molar-refractivity contribution in [3.63, 3.8) is 0 Å². The summed E-state index contributed by atoms with van der Waals surface area (Å²) in [6, 6.07) is -1.08. The summed E-state index contributed by atoms with van der Waals surface area (Å²) in [6.45, 7) is -0.385. The van der Waals surface area contributed by atoms with Gasteiger partial charge in [-0.2, -0.15) is 5.10 Å². The number of β-amino-alcohol motifs (C(OH)–C–C–N with tert-alkyl or cyclic N) is 1. The lowest BCUT2D eigenvalue weighted by Gasteiger charge is -2.20. The van der Waals surface area contributed by atoms with Gasteiger partial charge in [0.1, 0.15) is 25.0 Å². The van der Waals surface area contributed by atoms with Gasteiger partial charge in [-0.15, -0.1) is 0 Å². The highest BCUT2D eigenvalue weighted by Crippen LogP contribution is 2.19. The van der Waals surface area contributed by atoms with Crippen LogP contribution in [0.2, 0.25) is 0 Å². The summed E-state index contributed by atoms with van der Waals surface area (Å²) in [6.07, 6.45) is 1.17. The Bertz CT molecular complexity index is 556. The Morgan fingerprint density at radius 1 is 1.55 bits per heavy atom. The topological polar surface area (TPSA) is 139 Å². The Labute approximate surface area is 112 Å². The highest BCUT2D eigenvalue weighted by molar-refractivity contribution is 5.84. The summed E-state index contributed by atoms with van der Waals surface area (Å²) in [7, 11) is 0. The second kappa shape index (κ2) is 5.25. The zero-order valence-electron chi connectivity index (χ0n) is 10.2. The molecule has 1 aromatic heterocycles. The molecule has 1 aliphatic rings. The molecule has 0 saturated carbocycles. The predicted molar refractivity (Wildman–Crippen MR) is 62.6 cm³/mol. The van der Waals surface area contributed by atoms with Crippen molar-refractivity contribution in [2.45, 2.75) is 25.1 Å². The van der Waals surface area contributed by atoms with E-state index in [9.17, 15) is 24.8 Å². The van der Waals surface area contributed by atoms with Gasteiger partial charge in [-0.25, -0.2) is 4.79 Å². The third-order valence-electron chi connectivity index (χ3n) is 3.01. The zero-order chi connectivity index (χ0) is 14.9. The molecule has 1 aliphatic heterocycles. The first-order valence-corrected chi connectivity index (χ1v) is 5.75. The van der Waals surface area contributed by atoms with E-state index in [1.165, 1.54) is 0 Å². The molecule has 1 saturated heterocycles. The minimum Gasteiger partial charge on any atom is -0.480 e. The van der Waals surface area contributed by atoms with Crippen LogP contribution >= 0.6 is 0 Å². The van der Waals surface area contributed by atoms with Crippen molar-refractivity contribution in [3.8, 4) is 0 Å². The number of aromatic nitrogens is 2. The molecule has 0 radical (unpaired) electrons. The van der Waals surface area contributed by atoms with E-state index in [-0.39, 0.29) is 25.2 Å². The number of aliphatic hydroxyl groups is 1. The molecule has 10 nitrogen and oxygen atoms in total. The summed E-state index contributed by atoms with van der Waals surface area (Å²) < 4.78 is 1.06. The van der Waals surface area contributed by atoms with Crippen molar-refractivity contribution in [2.24, 2.45) is 0 Å². The fourth-order valence-electron chi connectivity index (χ4n) is 2.09. The highest BCUT2D eigenvalue weighted by atomic mass is 16.6. The van der Waals surface area contributed by atoms with Crippen LogP contribution in [0.15, 0.2) is 12.4 Å². The number of carboxylic acids is 1. The number of hydrogen-bond acceptors (Lipinski definition) is 6. The van der Waals surface area contributed by atoms with Gasteiger partial charge in [0.05, 0.1) is 11.0 Å². The Balaban J connectivity index is 2.07. The van der Waals surface area contributed by atoms with Gasteiger partial charge in [-0.3, -0.25) is 19.6 Å². The number of amides is 1. The SMILES string of the molecule is O=C(O)[C@@H]1C[C@H](O)CN1C(=O)Cn1cc([N+](=O)[O-])cn1. The first-order valence-electron chi connectivity index (χ1n) is 5.75. The standard InChI is InChI=1S/C10H12N4O6/c15-7-1-8(10(17)18)13(4-7)9(16)5-12-3-6(2-11-12)14(19)20/h2-3,7-8,15H,1,4-5H2,(H,17,18)/t7-,8-/m0/s1. The number of nitro groups is 1. The number of aliphatic carboxylic acids is 1. The van der Waals surface area contributed by atoms with E-state index in [0.717, 1.165) is 22.0 Å². The minimum atomic E-state index is -1.19. The number of hydrogen-bond donors (Lipinski definition) is 2. The molecular formula is C10H12N4O6. The van der Waals surface area contributed by atoms with Crippen molar-refractivity contribution in [2.75, 3.05) is 6.54 Å². The molecule has 1 amide bonds. The monoisotopic (exact) mass is 284 g/mol. The van der Waals surface area contributed by atoms with Crippen molar-refractivity contribution in [3.05, 3.63) is 22.5 Å². The molecule has 0 bridgehead atoms. The molecule has 108 valence electrons. The maximum Gasteiger partial charge on any atom is 0.326 e. The highest BCUT2D eigenvalue weighted by Gasteiger charge is 2.38. The van der Waals surface area contributed by atoms with E-state index in [2.05, 4.69) is 5.10 Å². The summed E-state index contributed by atoms with van der Waals surface area (Å²) in [5.41, 5.74) is -0.256. The molecule has 2 N–H and O–H groups in total. The molecule has 10 heteroatoms. The van der Waals surface area contributed by atoms with Crippen LogP contribution in [0.3, 0.4) is 0 Å². The van der Waals surface area contributed by atoms with Crippen LogP contribution in [-0.4, -0.2) is 60.4 Å². The van der Waals surface area contributed by atoms with Gasteiger partial charge in [0.15, 0.2) is 0 Å². The first-order chi connectivity index (χ1) is 9.38. The van der Waals surface area contributed by atoms with Gasteiger partial charge in [0, 0.05) is 13.0 Å². The largest absolute Gasteiger partial charge is 0.480 e. The maximum atomic E-state index is 12.0. The fraction of sp³-hybridized carbons (Fsp3) is 0.500. The summed E-state index contributed by atoms with van der Waals surface area (Å²) >= 11 is 0. The van der Waals surface area contributed by atoms with Gasteiger partial charge in [0.2, 0.25) is 5.91 Å². The molecule has 0 unspecified atom stereocenters. The lowest BCUT2D eigenvalue weighted by Crippen LogP contribution is -2.42. The number of carbonyl (C=O) groups is 2. The average molecular weight is 284 g/mol. The average Bonchev–Trinajstić information content (AvgIpc) is 2.95. The molecule has 0 aromatic carbocycles. The van der Waals surface area contributed by atoms with Gasteiger partial charge in [-0.05, 0) is 0 Å². The molecule has 2 heterocycles. The maximum absolute atomic E-state index is 12.0. The Kier molecular flexibility index (Phi) is 3.66. The first kappa shape index (κ1) is 13.9. The molecule has 1 fully saturated rings. The minimum absolute atomic E-state index is 0.0275. The predicted octanol–water partition coefficient (Wildman–Crippen LogP) is -1.16. The number of rotatable bonds is 4. The van der Waals surface area contributed by atoms with E-state index in [4.69, 9.17) is 5.11 Å². The van der Waals surface area contributed by atoms with Crippen LogP contribution in [-0.2, 0) is 16.1 Å². The quantitative estimate of drug-likeness (QED) is 0.525. The Morgan fingerprint density at radius 3 is 2.80 bits per heavy atom. The van der Waals surface area contributed by atoms with Gasteiger partial charge < -0.3 is 15.1 Å². The Hall–Kier alpha value is -2.49. The number of carboxylic acid groups (broad SMARTS) is 1. The van der Waals surface area contributed by atoms with Gasteiger partial charge >= 0.3 is 11.7 Å². The zero-order valence-corrected chi connectivity index (χ0v) is 10.2. The molecule has 0 aliphatic carbocycles. The lowest BCUT2D eigenvalue weighted by atomic mass is 10.2. The summed E-state index contributed by atoms with van der Waals surface area (Å²) in [5.74, 6) is -1.76. The molecule has 0 spiro atoms. The van der Waals surface area contributed by atoms with E-state index >= 15 is 0 Å². The van der Waals surface area contributed by atoms with E-state index < -0.39 is 28.9 Å². The molecule has 2 rings (SSSR count). The smallest absolute Gasteiger partial charge is 0.326 e. The van der Waals surface area contributed by atoms with Crippen molar-refractivity contribution >= 4 is 17.6 Å². The van der Waals surface area contributed by atoms with Crippen molar-refractivity contribution < 1.29 is 24.7 Å². The van der Waals surface area contributed by atoms with Gasteiger partial charge in [-0.1, -0.05) is 0 Å². The van der Waals surface area contributed by atoms with Crippen LogP contribution in [0.4, 0.5) is 5.69 Å². The Morgan fingerprint density at radius 2 is 2.25 bits per heavy atom. The molecule has 20 heavy (non-hydrogen) atoms. The van der Waals surface area contributed by atoms with Crippen molar-refractivity contribution in [1.29, 1.82) is 0 Å². The van der Waals surface area contributed by atoms with E-state index in [1.807, 2.05) is 0 Å². The van der Waals surface area contributed by atoms with E-state index in [1.54, 1.807) is 0 Å². The second-order valence-corrected chi connectivity index (χ2v) is 4.44. The fourth-order valence-corrected chi connectivity index (χ4v) is 2.09. The third-order valence-corrected chi connectivity index (χ3v) is 3.01. The normalized spacial score (nSPS) is 21.9. The summed E-state index contributed by atoms with van der Waals surface area (Å²) in [4.78, 5) is 33.8. The van der Waals surface area contributed by atoms with Crippen molar-refractivity contribution in [1.82, 2.24) is 14.7 Å². The van der Waals surface area contributed by atoms with Gasteiger partial charge in [0.25, 0.3) is 0 Å². The number of aliphatic hydroxyl groups excluding tert-OH is 1. The second-order valence-electron chi connectivity index (χ2n) is 4.44. The number of likely N-dealkylation sites (tertiary alicyclic amines) is 1.